The third-order valence-electron chi connectivity index (χ3n) is 4.07. The summed E-state index contributed by atoms with van der Waals surface area (Å²) in [5.41, 5.74) is 5.37. The van der Waals surface area contributed by atoms with Gasteiger partial charge in [-0.25, -0.2) is 13.2 Å². The first-order valence-electron chi connectivity index (χ1n) is 8.23. The van der Waals surface area contributed by atoms with Crippen LogP contribution in [0.5, 0.6) is 0 Å². The van der Waals surface area contributed by atoms with Crippen molar-refractivity contribution in [2.75, 3.05) is 0 Å². The van der Waals surface area contributed by atoms with E-state index in [1.807, 2.05) is 0 Å². The normalized spacial score (nSPS) is 14.4. The van der Waals surface area contributed by atoms with Gasteiger partial charge in [0.25, 0.3) is 11.8 Å². The van der Waals surface area contributed by atoms with E-state index in [0.717, 1.165) is 12.1 Å². The molecule has 0 aromatic heterocycles. The Morgan fingerprint density at radius 1 is 1.00 bits per heavy atom. The van der Waals surface area contributed by atoms with E-state index in [9.17, 15) is 27.6 Å². The molecular formula is C18H15N3O7S. The zero-order valence-corrected chi connectivity index (χ0v) is 15.8. The molecule has 0 radical (unpaired) electrons. The monoisotopic (exact) mass is 417 g/mol. The maximum atomic E-state index is 12.4. The molecule has 150 valence electrons. The van der Waals surface area contributed by atoms with Crippen LogP contribution in [0.3, 0.4) is 0 Å². The van der Waals surface area contributed by atoms with Crippen molar-refractivity contribution in [1.29, 1.82) is 0 Å². The number of nitrogens with one attached hydrogen (secondary N) is 1. The second-order valence-corrected chi connectivity index (χ2v) is 7.81. The van der Waals surface area contributed by atoms with Gasteiger partial charge < -0.3 is 10.6 Å². The summed E-state index contributed by atoms with van der Waals surface area (Å²) in [6.45, 7) is 1.19. The highest BCUT2D eigenvalue weighted by Crippen LogP contribution is 2.23. The maximum Gasteiger partial charge on any atom is 0.350 e. The Morgan fingerprint density at radius 2 is 1.52 bits per heavy atom. The molecule has 0 saturated carbocycles. The van der Waals surface area contributed by atoms with Crippen molar-refractivity contribution in [3.05, 3.63) is 65.2 Å². The van der Waals surface area contributed by atoms with Gasteiger partial charge in [0.15, 0.2) is 0 Å². The molecule has 1 aliphatic heterocycles. The maximum absolute atomic E-state index is 12.4. The molecule has 0 saturated heterocycles. The molecule has 0 bridgehead atoms. The van der Waals surface area contributed by atoms with Crippen molar-refractivity contribution >= 4 is 33.7 Å². The van der Waals surface area contributed by atoms with E-state index in [2.05, 4.69) is 4.72 Å². The molecule has 3 N–H and O–H groups in total. The number of amides is 3. The predicted molar refractivity (Wildman–Crippen MR) is 97.8 cm³/mol. The van der Waals surface area contributed by atoms with E-state index in [0.29, 0.717) is 5.06 Å². The number of rotatable bonds is 6. The molecule has 29 heavy (non-hydrogen) atoms. The Kier molecular flexibility index (Phi) is 5.18. The number of nitrogens with two attached hydrogens (primary N) is 1. The number of nitrogens with zero attached hydrogens (tertiary/aromatic N) is 1. The fourth-order valence-corrected chi connectivity index (χ4v) is 3.76. The van der Waals surface area contributed by atoms with Gasteiger partial charge in [-0.2, -0.15) is 4.72 Å². The zero-order chi connectivity index (χ0) is 21.3. The van der Waals surface area contributed by atoms with Crippen molar-refractivity contribution in [2.45, 2.75) is 17.9 Å². The highest BCUT2D eigenvalue weighted by Gasteiger charge is 2.39. The Hall–Kier alpha value is -3.57. The number of benzene rings is 2. The molecule has 3 rings (SSSR count). The van der Waals surface area contributed by atoms with Gasteiger partial charge in [0, 0.05) is 5.56 Å². The summed E-state index contributed by atoms with van der Waals surface area (Å²) in [7, 11) is -4.15. The fraction of sp³-hybridized carbons (Fsp3) is 0.111. The van der Waals surface area contributed by atoms with E-state index in [-0.39, 0.29) is 21.6 Å². The smallest absolute Gasteiger partial charge is 0.350 e. The van der Waals surface area contributed by atoms with Crippen molar-refractivity contribution in [3.8, 4) is 0 Å². The average molecular weight is 417 g/mol. The Labute approximate surface area is 165 Å². The summed E-state index contributed by atoms with van der Waals surface area (Å²) in [4.78, 5) is 52.3. The Bertz CT molecular complexity index is 1090. The summed E-state index contributed by atoms with van der Waals surface area (Å²) in [6.07, 6.45) is 0. The van der Waals surface area contributed by atoms with Crippen LogP contribution in [0.2, 0.25) is 0 Å². The standard InChI is InChI=1S/C18H15N3O7S/c1-10(20-29(26,27)12-8-6-11(7-9-12)15(19)22)18(25)28-21-16(23)13-4-2-3-5-14(13)17(21)24/h2-10,20H,1H3,(H2,19,22). The SMILES string of the molecule is CC(NS(=O)(=O)c1ccc(C(N)=O)cc1)C(=O)ON1C(=O)c2ccccc2C1=O. The number of carbonyl (C=O) groups is 4. The third-order valence-corrected chi connectivity index (χ3v) is 5.63. The van der Waals surface area contributed by atoms with Crippen LogP contribution < -0.4 is 10.5 Å². The number of sulfonamides is 1. The van der Waals surface area contributed by atoms with Crippen LogP contribution in [0.1, 0.15) is 38.0 Å². The quantitative estimate of drug-likeness (QED) is 0.637. The van der Waals surface area contributed by atoms with E-state index < -0.39 is 39.8 Å². The minimum atomic E-state index is -4.15. The lowest BCUT2D eigenvalue weighted by atomic mass is 10.1. The lowest BCUT2D eigenvalue weighted by Gasteiger charge is -2.17. The number of imide groups is 1. The summed E-state index contributed by atoms with van der Waals surface area (Å²) in [6, 6.07) is 9.23. The first kappa shape index (κ1) is 20.2. The first-order chi connectivity index (χ1) is 13.6. The lowest BCUT2D eigenvalue weighted by molar-refractivity contribution is -0.170. The molecule has 0 spiro atoms. The number of hydrogen-bond donors (Lipinski definition) is 2. The zero-order valence-electron chi connectivity index (χ0n) is 15.0. The predicted octanol–water partition coefficient (Wildman–Crippen LogP) is 0.207. The highest BCUT2D eigenvalue weighted by molar-refractivity contribution is 7.89. The molecule has 0 fully saturated rings. The molecule has 2 aromatic carbocycles. The van der Waals surface area contributed by atoms with E-state index in [1.54, 1.807) is 12.1 Å². The Morgan fingerprint density at radius 3 is 2.00 bits per heavy atom. The molecule has 1 unspecified atom stereocenters. The molecule has 0 aliphatic carbocycles. The fourth-order valence-electron chi connectivity index (χ4n) is 2.57. The van der Waals surface area contributed by atoms with E-state index in [4.69, 9.17) is 10.6 Å². The van der Waals surface area contributed by atoms with Crippen LogP contribution in [0.15, 0.2) is 53.4 Å². The summed E-state index contributed by atoms with van der Waals surface area (Å²) in [5, 5.41) is 0.291. The summed E-state index contributed by atoms with van der Waals surface area (Å²) >= 11 is 0. The lowest BCUT2D eigenvalue weighted by Crippen LogP contribution is -2.43. The number of primary amides is 1. The molecule has 1 aliphatic rings. The van der Waals surface area contributed by atoms with Crippen LogP contribution in [0.4, 0.5) is 0 Å². The topological polar surface area (TPSA) is 153 Å². The van der Waals surface area contributed by atoms with Gasteiger partial charge >= 0.3 is 5.97 Å². The van der Waals surface area contributed by atoms with Gasteiger partial charge in [-0.3, -0.25) is 14.4 Å². The molecule has 10 nitrogen and oxygen atoms in total. The van der Waals surface area contributed by atoms with Crippen LogP contribution in [-0.2, 0) is 19.7 Å². The van der Waals surface area contributed by atoms with Crippen LogP contribution in [-0.4, -0.2) is 43.2 Å². The minimum Gasteiger partial charge on any atom is -0.366 e. The summed E-state index contributed by atoms with van der Waals surface area (Å²) in [5.74, 6) is -3.52. The number of hydroxylamine groups is 2. The van der Waals surface area contributed by atoms with Crippen molar-refractivity contribution in [1.82, 2.24) is 9.79 Å². The molecule has 2 aromatic rings. The summed E-state index contributed by atoms with van der Waals surface area (Å²) < 4.78 is 26.9. The van der Waals surface area contributed by atoms with Gasteiger partial charge in [0.05, 0.1) is 16.0 Å². The number of hydrogen-bond acceptors (Lipinski definition) is 7. The van der Waals surface area contributed by atoms with E-state index in [1.165, 1.54) is 31.2 Å². The Balaban J connectivity index is 1.70. The van der Waals surface area contributed by atoms with Gasteiger partial charge in [0.1, 0.15) is 6.04 Å². The van der Waals surface area contributed by atoms with Crippen molar-refractivity contribution < 1.29 is 32.4 Å². The van der Waals surface area contributed by atoms with E-state index >= 15 is 0 Å². The van der Waals surface area contributed by atoms with Gasteiger partial charge in [-0.15, -0.1) is 0 Å². The van der Waals surface area contributed by atoms with Gasteiger partial charge in [-0.1, -0.05) is 17.2 Å². The molecule has 11 heteroatoms. The number of carbonyl (C=O) groups excluding carboxylic acids is 4. The second-order valence-electron chi connectivity index (χ2n) is 6.09. The first-order valence-corrected chi connectivity index (χ1v) is 9.72. The van der Waals surface area contributed by atoms with Crippen molar-refractivity contribution in [2.24, 2.45) is 5.73 Å². The minimum absolute atomic E-state index is 0.0769. The highest BCUT2D eigenvalue weighted by atomic mass is 32.2. The largest absolute Gasteiger partial charge is 0.366 e. The van der Waals surface area contributed by atoms with Crippen LogP contribution in [0.25, 0.3) is 0 Å². The molecule has 3 amide bonds. The van der Waals surface area contributed by atoms with Gasteiger partial charge in [-0.05, 0) is 43.3 Å². The van der Waals surface area contributed by atoms with Crippen molar-refractivity contribution in [3.63, 3.8) is 0 Å². The third kappa shape index (κ3) is 3.86. The average Bonchev–Trinajstić information content (AvgIpc) is 2.93. The van der Waals surface area contributed by atoms with Crippen LogP contribution >= 0.6 is 0 Å². The number of fused-ring (bicyclic) bond motifs is 1. The van der Waals surface area contributed by atoms with Gasteiger partial charge in [0.2, 0.25) is 15.9 Å². The molecular weight excluding hydrogens is 402 g/mol. The second kappa shape index (κ2) is 7.45. The molecule has 1 heterocycles. The van der Waals surface area contributed by atoms with Crippen LogP contribution in [0, 0.1) is 0 Å². The molecule has 1 atom stereocenters.